The SMILES string of the molecule is C.C.C.C.C.CC1=NN=C(Cn2nc(C)c3c(Cl)c(C(=O)Nc4ccc(C(F)(F)F)cc4)cnc32)C1.CC1=NN=C(Cn2nc(C)c3c(Cl)c(C(=O)Nc4ccc(Cl)cc4)cnc32)C1.COc1ccc(NC(=O)c2cnc3c(c(C)nn3CC3=NN=CC3)c2Cl)cc1.Cc1nn(CC2=NN=CC2)c2ncc(C(=O)Nc3ccc(C(F)(F)F)cc3)c(Cl)c12.Cc1nn(CC2=NN=CC2)c2ncc(C(=O)Nc3ccc(Cl)cc3)c(Cl)c12. The van der Waals surface area contributed by atoms with Crippen LogP contribution in [0.25, 0.3) is 55.2 Å². The molecular formula is C100H97Cl7F6N30O6. The number of aryl methyl sites for hydroxylation is 5. The Balaban J connectivity index is 0.000000175. The van der Waals surface area contributed by atoms with Crippen LogP contribution in [0.3, 0.4) is 0 Å². The molecule has 0 atom stereocenters. The predicted octanol–water partition coefficient (Wildman–Crippen LogP) is 24.7. The van der Waals surface area contributed by atoms with E-state index in [9.17, 15) is 50.3 Å². The summed E-state index contributed by atoms with van der Waals surface area (Å²) >= 11 is 44.3. The number of anilines is 5. The zero-order valence-corrected chi connectivity index (χ0v) is 82.1. The molecule has 15 aromatic rings. The summed E-state index contributed by atoms with van der Waals surface area (Å²) in [5, 5.41) is 81.4. The maximum atomic E-state index is 12.7. The second-order valence-corrected chi connectivity index (χ2v) is 35.4. The van der Waals surface area contributed by atoms with Crippen molar-refractivity contribution in [1.82, 2.24) is 73.8 Å². The van der Waals surface area contributed by atoms with E-state index in [-0.39, 0.29) is 104 Å². The number of nitrogens with one attached hydrogen (secondary N) is 5. The third-order valence-electron chi connectivity index (χ3n) is 22.2. The van der Waals surface area contributed by atoms with Gasteiger partial charge in [-0.3, -0.25) is 24.0 Å². The van der Waals surface area contributed by atoms with E-state index in [4.69, 9.17) is 85.9 Å². The van der Waals surface area contributed by atoms with Gasteiger partial charge in [-0.15, -0.1) is 0 Å². The van der Waals surface area contributed by atoms with Crippen molar-refractivity contribution in [3.63, 3.8) is 0 Å². The number of fused-ring (bicyclic) bond motifs is 5. The fourth-order valence-corrected chi connectivity index (χ4v) is 17.3. The smallest absolute Gasteiger partial charge is 0.416 e. The first-order valence-electron chi connectivity index (χ1n) is 43.4. The molecule has 49 heteroatoms. The summed E-state index contributed by atoms with van der Waals surface area (Å²) in [7, 11) is 1.59. The number of carbonyl (C=O) groups is 5. The quantitative estimate of drug-likeness (QED) is 0.0417. The summed E-state index contributed by atoms with van der Waals surface area (Å²) < 4.78 is 89.8. The van der Waals surface area contributed by atoms with Crippen LogP contribution < -0.4 is 31.3 Å². The van der Waals surface area contributed by atoms with Crippen LogP contribution in [0.4, 0.5) is 54.8 Å². The van der Waals surface area contributed by atoms with E-state index < -0.39 is 35.3 Å². The summed E-state index contributed by atoms with van der Waals surface area (Å²) in [6, 6.07) is 29.0. The Kier molecular flexibility index (Phi) is 37.5. The van der Waals surface area contributed by atoms with Crippen LogP contribution >= 0.6 is 81.2 Å². The standard InChI is InChI=1S/C20H16ClF3N6O.C19H16Cl2N6O.C19H14ClF3N6O.C19H17ClN6O2.C18H14Cl2N6O.5CH4/c1-10-7-14(28-27-10)9-30-18-16(11(2)29-30)17(21)15(8-25-18)19(31)26-13-5-3-12(4-6-13)20(22,23)24;1-10-7-14(25-24-10)9-27-18-16(11(2)26-27)17(21)15(8-22-18)19(28)23-13-5-3-12(20)4-6-13;1-10-15-16(20)14(8-24-17(15)29(28-10)9-13-6-7-25-27-13)18(30)26-12-4-2-11(3-5-12)19(21,22)23;1-11-16-17(20)15(19(27)23-12-3-5-14(28-2)6-4-12)9-21-18(16)26(25-11)10-13-7-8-22-24-13;1-10-15-16(20)14(18(27)23-12-4-2-11(19)3-5-12)8-21-17(15)26(25-10)9-13-6-7-22-24-13;;;;;/h3-6,8H,7,9H2,1-2H3,(H,26,31);3-6,8H,7,9H2,1-2H3,(H,23,28);2-5,7-8H,6,9H2,1H3,(H,26,30);3-6,8-9H,7,10H2,1-2H3,(H,23,27);2-5,7-8H,6,9H2,1H3,(H,23,27);5*1H4. The number of amides is 5. The molecule has 5 N–H and O–H groups in total. The number of ether oxygens (including phenoxy) is 1. The van der Waals surface area contributed by atoms with Crippen molar-refractivity contribution in [3.8, 4) is 5.75 Å². The minimum Gasteiger partial charge on any atom is -0.497 e. The Hall–Kier alpha value is -15.3. The van der Waals surface area contributed by atoms with Crippen LogP contribution in [-0.2, 0) is 45.1 Å². The van der Waals surface area contributed by atoms with Crippen LogP contribution in [0, 0.1) is 34.6 Å². The largest absolute Gasteiger partial charge is 0.497 e. The van der Waals surface area contributed by atoms with Gasteiger partial charge in [0.1, 0.15) is 5.75 Å². The van der Waals surface area contributed by atoms with Crippen molar-refractivity contribution in [1.29, 1.82) is 0 Å². The molecule has 0 aliphatic carbocycles. The van der Waals surface area contributed by atoms with Crippen molar-refractivity contribution in [2.75, 3.05) is 33.7 Å². The lowest BCUT2D eigenvalue weighted by Gasteiger charge is -2.10. The van der Waals surface area contributed by atoms with Gasteiger partial charge < -0.3 is 31.3 Å². The van der Waals surface area contributed by atoms with Crippen molar-refractivity contribution in [2.45, 2.75) is 163 Å². The zero-order chi connectivity index (χ0) is 102. The van der Waals surface area contributed by atoms with E-state index in [1.165, 1.54) is 55.2 Å². The Labute approximate surface area is 884 Å². The maximum absolute atomic E-state index is 12.7. The third kappa shape index (κ3) is 26.4. The first-order chi connectivity index (χ1) is 68.9. The molecule has 5 aromatic carbocycles. The van der Waals surface area contributed by atoms with Gasteiger partial charge in [-0.25, -0.2) is 48.3 Å². The second-order valence-electron chi connectivity index (χ2n) is 32.7. The first kappa shape index (κ1) is 114. The van der Waals surface area contributed by atoms with Gasteiger partial charge in [0.2, 0.25) is 0 Å². The number of carbonyl (C=O) groups excluding carboxylic acids is 5. The minimum absolute atomic E-state index is 0. The molecule has 5 aliphatic heterocycles. The average molecular weight is 2180 g/mol. The van der Waals surface area contributed by atoms with Gasteiger partial charge in [-0.05, 0) is 170 Å². The fourth-order valence-electron chi connectivity index (χ4n) is 15.2. The molecule has 0 saturated heterocycles. The highest BCUT2D eigenvalue weighted by atomic mass is 35.5. The van der Waals surface area contributed by atoms with Crippen LogP contribution in [0.2, 0.25) is 35.2 Å². The van der Waals surface area contributed by atoms with Crippen LogP contribution in [-0.4, -0.2) is 169 Å². The highest BCUT2D eigenvalue weighted by Crippen LogP contribution is 2.39. The summed E-state index contributed by atoms with van der Waals surface area (Å²) in [4.78, 5) is 85.3. The molecule has 20 rings (SSSR count). The Morgan fingerprint density at radius 1 is 0.309 bits per heavy atom. The molecule has 5 aliphatic rings. The minimum atomic E-state index is -4.45. The lowest BCUT2D eigenvalue weighted by molar-refractivity contribution is -0.138. The molecule has 0 fully saturated rings. The molecule has 36 nitrogen and oxygen atoms in total. The molecule has 0 radical (unpaired) electrons. The predicted molar refractivity (Wildman–Crippen MR) is 581 cm³/mol. The number of rotatable bonds is 21. The Morgan fingerprint density at radius 3 is 0.718 bits per heavy atom. The van der Waals surface area contributed by atoms with E-state index in [2.05, 4.69) is 128 Å². The van der Waals surface area contributed by atoms with Gasteiger partial charge in [0, 0.05) is 132 Å². The van der Waals surface area contributed by atoms with E-state index in [1.54, 1.807) is 136 Å². The van der Waals surface area contributed by atoms with Gasteiger partial charge in [0.05, 0.1) is 188 Å². The lowest BCUT2D eigenvalue weighted by atomic mass is 10.1. The van der Waals surface area contributed by atoms with E-state index in [0.29, 0.717) is 190 Å². The number of hydrogen-bond donors (Lipinski definition) is 5. The van der Waals surface area contributed by atoms with E-state index in [1.807, 2.05) is 34.6 Å². The molecule has 10 aromatic heterocycles. The number of halogens is 13. The number of methoxy groups -OCH3 is 1. The number of hydrogen-bond acceptors (Lipinski definition) is 26. The van der Waals surface area contributed by atoms with Gasteiger partial charge >= 0.3 is 12.4 Å². The molecule has 774 valence electrons. The summed E-state index contributed by atoms with van der Waals surface area (Å²) in [6.45, 7) is 15.1. The highest BCUT2D eigenvalue weighted by Gasteiger charge is 2.34. The average Bonchev–Trinajstić information content (AvgIpc) is 1.64. The molecule has 15 heterocycles. The lowest BCUT2D eigenvalue weighted by Crippen LogP contribution is -2.14. The van der Waals surface area contributed by atoms with Gasteiger partial charge in [0.25, 0.3) is 29.5 Å². The van der Waals surface area contributed by atoms with Gasteiger partial charge in [0.15, 0.2) is 28.2 Å². The number of alkyl halides is 6. The maximum Gasteiger partial charge on any atom is 0.416 e. The molecule has 149 heavy (non-hydrogen) atoms. The number of aromatic nitrogens is 15. The van der Waals surface area contributed by atoms with Gasteiger partial charge in [-0.2, -0.15) is 103 Å². The number of benzene rings is 5. The summed E-state index contributed by atoms with van der Waals surface area (Å²) in [5.41, 5.74) is 14.0. The monoisotopic (exact) mass is 2170 g/mol. The van der Waals surface area contributed by atoms with Crippen molar-refractivity contribution >= 4 is 253 Å². The first-order valence-corrected chi connectivity index (χ1v) is 46.1. The van der Waals surface area contributed by atoms with E-state index in [0.717, 1.165) is 70.7 Å². The summed E-state index contributed by atoms with van der Waals surface area (Å²) in [5.74, 6) is -1.51. The molecule has 0 saturated carbocycles. The molecular weight excluding hydrogens is 2080 g/mol. The number of pyridine rings is 5. The van der Waals surface area contributed by atoms with E-state index >= 15 is 0 Å². The fraction of sp³-hybridized carbons (Fsp3) is 0.250. The molecule has 0 unspecified atom stereocenters. The third-order valence-corrected chi connectivity index (χ3v) is 24.7. The normalized spacial score (nSPS) is 13.1. The Bertz CT molecular complexity index is 7970. The van der Waals surface area contributed by atoms with Crippen LogP contribution in [0.1, 0.15) is 174 Å². The molecule has 0 spiro atoms. The summed E-state index contributed by atoms with van der Waals surface area (Å²) in [6.07, 6.45) is 6.68. The van der Waals surface area contributed by atoms with Crippen molar-refractivity contribution < 1.29 is 55.1 Å². The molecule has 5 amide bonds. The van der Waals surface area contributed by atoms with Gasteiger partial charge in [-0.1, -0.05) is 118 Å². The highest BCUT2D eigenvalue weighted by molar-refractivity contribution is 6.42. The number of nitrogens with zero attached hydrogens (tertiary/aromatic N) is 25. The van der Waals surface area contributed by atoms with Crippen molar-refractivity contribution in [2.24, 2.45) is 51.0 Å². The topological polar surface area (TPSA) is 432 Å². The van der Waals surface area contributed by atoms with Crippen molar-refractivity contribution in [3.05, 3.63) is 255 Å². The second kappa shape index (κ2) is 49.0. The van der Waals surface area contributed by atoms with Crippen LogP contribution in [0.5, 0.6) is 5.75 Å². The Morgan fingerprint density at radius 2 is 0.523 bits per heavy atom. The zero-order valence-electron chi connectivity index (χ0n) is 76.8. The molecule has 0 bridgehead atoms. The van der Waals surface area contributed by atoms with Crippen LogP contribution in [0.15, 0.2) is 203 Å².